The van der Waals surface area contributed by atoms with Gasteiger partial charge < -0.3 is 5.32 Å². The van der Waals surface area contributed by atoms with Crippen LogP contribution in [-0.2, 0) is 6.42 Å². The van der Waals surface area contributed by atoms with E-state index in [-0.39, 0.29) is 11.9 Å². The zero-order valence-corrected chi connectivity index (χ0v) is 9.23. The Labute approximate surface area is 98.7 Å². The van der Waals surface area contributed by atoms with E-state index in [1.54, 1.807) is 24.5 Å². The van der Waals surface area contributed by atoms with Crippen LogP contribution in [0.3, 0.4) is 0 Å². The SMILES string of the molecule is Fc1cccc2c1CC[C@H]2Nc1ncccn1. The smallest absolute Gasteiger partial charge is 0.223 e. The van der Waals surface area contributed by atoms with Crippen molar-refractivity contribution >= 4 is 5.95 Å². The Balaban J connectivity index is 1.87. The predicted molar refractivity (Wildman–Crippen MR) is 63.1 cm³/mol. The predicted octanol–water partition coefficient (Wildman–Crippen LogP) is 2.72. The molecule has 0 radical (unpaired) electrons. The monoisotopic (exact) mass is 229 g/mol. The van der Waals surface area contributed by atoms with Gasteiger partial charge in [-0.3, -0.25) is 0 Å². The lowest BCUT2D eigenvalue weighted by Gasteiger charge is -2.13. The third-order valence-corrected chi connectivity index (χ3v) is 3.08. The molecule has 0 saturated carbocycles. The maximum atomic E-state index is 13.5. The highest BCUT2D eigenvalue weighted by Crippen LogP contribution is 2.34. The standard InChI is InChI=1S/C13H12FN3/c14-11-4-1-3-10-9(11)5-6-12(10)17-13-15-7-2-8-16-13/h1-4,7-8,12H,5-6H2,(H,15,16,17)/t12-/m1/s1. The molecule has 17 heavy (non-hydrogen) atoms. The lowest BCUT2D eigenvalue weighted by Crippen LogP contribution is -2.09. The third-order valence-electron chi connectivity index (χ3n) is 3.08. The molecule has 0 bridgehead atoms. The molecule has 4 heteroatoms. The van der Waals surface area contributed by atoms with Crippen molar-refractivity contribution in [2.24, 2.45) is 0 Å². The van der Waals surface area contributed by atoms with E-state index in [0.29, 0.717) is 5.95 Å². The highest BCUT2D eigenvalue weighted by Gasteiger charge is 2.24. The Bertz CT molecular complexity index is 527. The van der Waals surface area contributed by atoms with Gasteiger partial charge in [0.05, 0.1) is 6.04 Å². The second kappa shape index (κ2) is 4.13. The van der Waals surface area contributed by atoms with E-state index in [0.717, 1.165) is 24.0 Å². The first-order chi connectivity index (χ1) is 8.34. The van der Waals surface area contributed by atoms with E-state index < -0.39 is 0 Å². The molecular weight excluding hydrogens is 217 g/mol. The molecule has 1 aromatic carbocycles. The van der Waals surface area contributed by atoms with E-state index in [2.05, 4.69) is 15.3 Å². The maximum Gasteiger partial charge on any atom is 0.223 e. The van der Waals surface area contributed by atoms with Crippen molar-refractivity contribution in [2.75, 3.05) is 5.32 Å². The van der Waals surface area contributed by atoms with Crippen LogP contribution in [-0.4, -0.2) is 9.97 Å². The number of nitrogens with zero attached hydrogens (tertiary/aromatic N) is 2. The normalized spacial score (nSPS) is 17.8. The number of hydrogen-bond donors (Lipinski definition) is 1. The van der Waals surface area contributed by atoms with E-state index in [4.69, 9.17) is 0 Å². The van der Waals surface area contributed by atoms with E-state index in [1.807, 2.05) is 6.07 Å². The Morgan fingerprint density at radius 1 is 1.18 bits per heavy atom. The van der Waals surface area contributed by atoms with Crippen molar-refractivity contribution < 1.29 is 4.39 Å². The number of halogens is 1. The number of benzene rings is 1. The van der Waals surface area contributed by atoms with E-state index in [9.17, 15) is 4.39 Å². The number of anilines is 1. The number of rotatable bonds is 2. The molecule has 0 fully saturated rings. The van der Waals surface area contributed by atoms with Crippen LogP contribution in [0.5, 0.6) is 0 Å². The average Bonchev–Trinajstić information content (AvgIpc) is 2.76. The minimum atomic E-state index is -0.110. The van der Waals surface area contributed by atoms with Gasteiger partial charge in [-0.25, -0.2) is 14.4 Å². The van der Waals surface area contributed by atoms with Crippen LogP contribution in [0.25, 0.3) is 0 Å². The van der Waals surface area contributed by atoms with Gasteiger partial charge in [0.25, 0.3) is 0 Å². The molecule has 1 N–H and O–H groups in total. The van der Waals surface area contributed by atoms with Gasteiger partial charge in [0.1, 0.15) is 5.82 Å². The first-order valence-corrected chi connectivity index (χ1v) is 5.65. The molecule has 1 atom stereocenters. The molecule has 1 aromatic heterocycles. The van der Waals surface area contributed by atoms with Crippen LogP contribution in [0.15, 0.2) is 36.7 Å². The Kier molecular flexibility index (Phi) is 2.48. The zero-order chi connectivity index (χ0) is 11.7. The number of fused-ring (bicyclic) bond motifs is 1. The summed E-state index contributed by atoms with van der Waals surface area (Å²) in [4.78, 5) is 8.24. The number of aromatic nitrogens is 2. The third kappa shape index (κ3) is 1.86. The van der Waals surface area contributed by atoms with Crippen molar-refractivity contribution in [3.05, 3.63) is 53.6 Å². The van der Waals surface area contributed by atoms with Crippen LogP contribution in [0.1, 0.15) is 23.6 Å². The van der Waals surface area contributed by atoms with Gasteiger partial charge in [-0.15, -0.1) is 0 Å². The van der Waals surface area contributed by atoms with Crippen molar-refractivity contribution in [3.63, 3.8) is 0 Å². The topological polar surface area (TPSA) is 37.8 Å². The van der Waals surface area contributed by atoms with Gasteiger partial charge in [0.15, 0.2) is 0 Å². The van der Waals surface area contributed by atoms with Gasteiger partial charge in [-0.1, -0.05) is 12.1 Å². The molecule has 86 valence electrons. The summed E-state index contributed by atoms with van der Waals surface area (Å²) < 4.78 is 13.5. The fraction of sp³-hybridized carbons (Fsp3) is 0.231. The van der Waals surface area contributed by atoms with E-state index in [1.165, 1.54) is 6.07 Å². The minimum Gasteiger partial charge on any atom is -0.347 e. The van der Waals surface area contributed by atoms with Crippen molar-refractivity contribution in [2.45, 2.75) is 18.9 Å². The lowest BCUT2D eigenvalue weighted by molar-refractivity contribution is 0.612. The van der Waals surface area contributed by atoms with Gasteiger partial charge in [-0.05, 0) is 36.1 Å². The largest absolute Gasteiger partial charge is 0.347 e. The Hall–Kier alpha value is -1.97. The van der Waals surface area contributed by atoms with Crippen molar-refractivity contribution in [1.82, 2.24) is 9.97 Å². The average molecular weight is 229 g/mol. The molecule has 3 nitrogen and oxygen atoms in total. The van der Waals surface area contributed by atoms with Gasteiger partial charge in [0.2, 0.25) is 5.95 Å². The fourth-order valence-electron chi connectivity index (χ4n) is 2.29. The number of nitrogens with one attached hydrogen (secondary N) is 1. The Morgan fingerprint density at radius 3 is 2.82 bits per heavy atom. The van der Waals surface area contributed by atoms with Crippen molar-refractivity contribution in [3.8, 4) is 0 Å². The van der Waals surface area contributed by atoms with Gasteiger partial charge in [-0.2, -0.15) is 0 Å². The molecule has 0 amide bonds. The molecule has 1 aliphatic carbocycles. The molecule has 2 aromatic rings. The summed E-state index contributed by atoms with van der Waals surface area (Å²) in [5.74, 6) is 0.482. The van der Waals surface area contributed by atoms with Crippen LogP contribution in [0.2, 0.25) is 0 Å². The molecule has 1 aliphatic rings. The summed E-state index contributed by atoms with van der Waals surface area (Å²) in [6, 6.07) is 7.11. The minimum absolute atomic E-state index is 0.110. The summed E-state index contributed by atoms with van der Waals surface area (Å²) in [7, 11) is 0. The molecule has 3 rings (SSSR count). The summed E-state index contributed by atoms with van der Waals surface area (Å²) in [5.41, 5.74) is 1.85. The first-order valence-electron chi connectivity index (χ1n) is 5.65. The number of hydrogen-bond acceptors (Lipinski definition) is 3. The second-order valence-electron chi connectivity index (χ2n) is 4.12. The van der Waals surface area contributed by atoms with Gasteiger partial charge >= 0.3 is 0 Å². The molecule has 0 unspecified atom stereocenters. The quantitative estimate of drug-likeness (QED) is 0.860. The van der Waals surface area contributed by atoms with Gasteiger partial charge in [0, 0.05) is 12.4 Å². The van der Waals surface area contributed by atoms with Crippen LogP contribution >= 0.6 is 0 Å². The van der Waals surface area contributed by atoms with Crippen molar-refractivity contribution in [1.29, 1.82) is 0 Å². The summed E-state index contributed by atoms with van der Waals surface area (Å²) in [6.45, 7) is 0. The van der Waals surface area contributed by atoms with Crippen LogP contribution < -0.4 is 5.32 Å². The maximum absolute atomic E-state index is 13.5. The lowest BCUT2D eigenvalue weighted by atomic mass is 10.1. The highest BCUT2D eigenvalue weighted by atomic mass is 19.1. The zero-order valence-electron chi connectivity index (χ0n) is 9.23. The fourth-order valence-corrected chi connectivity index (χ4v) is 2.29. The summed E-state index contributed by atoms with van der Waals surface area (Å²) >= 11 is 0. The highest BCUT2D eigenvalue weighted by molar-refractivity contribution is 5.41. The molecule has 1 heterocycles. The molecule has 0 aliphatic heterocycles. The second-order valence-corrected chi connectivity index (χ2v) is 4.12. The van der Waals surface area contributed by atoms with E-state index >= 15 is 0 Å². The van der Waals surface area contributed by atoms with Crippen LogP contribution in [0.4, 0.5) is 10.3 Å². The Morgan fingerprint density at radius 2 is 2.00 bits per heavy atom. The summed E-state index contributed by atoms with van der Waals surface area (Å²) in [5, 5.41) is 3.24. The molecule has 0 spiro atoms. The van der Waals surface area contributed by atoms with Crippen LogP contribution in [0, 0.1) is 5.82 Å². The molecule has 0 saturated heterocycles. The summed E-state index contributed by atoms with van der Waals surface area (Å²) in [6.07, 6.45) is 5.04. The molecular formula is C13H12FN3. The first kappa shape index (κ1) is 10.2.